The monoisotopic (exact) mass is 349 g/mol. The Kier molecular flexibility index (Phi) is 6.21. The third kappa shape index (κ3) is 5.06. The first-order valence-electron chi connectivity index (χ1n) is 9.10. The van der Waals surface area contributed by atoms with E-state index >= 15 is 0 Å². The molecule has 1 amide bonds. The molecule has 0 bridgehead atoms. The number of carbonyl (C=O) groups excluding carboxylic acids is 1. The molecule has 134 valence electrons. The molecule has 5 heteroatoms. The Morgan fingerprint density at radius 2 is 2.12 bits per heavy atom. The molecule has 1 heterocycles. The normalized spacial score (nSPS) is 17.5. The van der Waals surface area contributed by atoms with Crippen molar-refractivity contribution in [2.75, 3.05) is 6.54 Å². The van der Waals surface area contributed by atoms with Crippen LogP contribution >= 0.6 is 0 Å². The summed E-state index contributed by atoms with van der Waals surface area (Å²) >= 11 is 0. The van der Waals surface area contributed by atoms with Gasteiger partial charge in [0.05, 0.1) is 18.2 Å². The topological polar surface area (TPSA) is 74.5 Å². The van der Waals surface area contributed by atoms with Crippen LogP contribution in [0.3, 0.4) is 0 Å². The van der Waals surface area contributed by atoms with Gasteiger partial charge in [0.25, 0.3) is 5.91 Å². The zero-order valence-corrected chi connectivity index (χ0v) is 14.8. The van der Waals surface area contributed by atoms with Crippen LogP contribution < -0.4 is 5.32 Å². The number of rotatable bonds is 4. The molecular formula is C21H23N3O2. The van der Waals surface area contributed by atoms with Crippen LogP contribution in [-0.4, -0.2) is 24.4 Å². The van der Waals surface area contributed by atoms with E-state index in [-0.39, 0.29) is 11.9 Å². The van der Waals surface area contributed by atoms with Crippen molar-refractivity contribution in [2.45, 2.75) is 44.8 Å². The average molecular weight is 349 g/mol. The number of nitrogens with zero attached hydrogens (tertiary/aromatic N) is 2. The fraction of sp³-hybridized carbons (Fsp3) is 0.381. The summed E-state index contributed by atoms with van der Waals surface area (Å²) in [6, 6.07) is 9.69. The van der Waals surface area contributed by atoms with E-state index in [0.29, 0.717) is 30.2 Å². The molecule has 1 aliphatic carbocycles. The molecule has 0 radical (unpaired) electrons. The first-order valence-corrected chi connectivity index (χ1v) is 9.10. The molecule has 1 N–H and O–H groups in total. The molecule has 0 aromatic heterocycles. The Morgan fingerprint density at radius 3 is 2.92 bits per heavy atom. The van der Waals surface area contributed by atoms with Crippen molar-refractivity contribution >= 4 is 11.8 Å². The van der Waals surface area contributed by atoms with Gasteiger partial charge in [-0.15, -0.1) is 0 Å². The lowest BCUT2D eigenvalue weighted by molar-refractivity contribution is -0.118. The van der Waals surface area contributed by atoms with Crippen molar-refractivity contribution in [3.05, 3.63) is 59.2 Å². The highest BCUT2D eigenvalue weighted by atomic mass is 16.5. The smallest absolute Gasteiger partial charge is 0.251 e. The molecule has 1 aromatic carbocycles. The molecule has 0 unspecified atom stereocenters. The SMILES string of the molecule is N#Cc1cccc(COC2=NCC=C(C(=O)NC3CCCCC3)C=C2)c1. The van der Waals surface area contributed by atoms with Gasteiger partial charge >= 0.3 is 0 Å². The van der Waals surface area contributed by atoms with Crippen LogP contribution in [0.5, 0.6) is 0 Å². The number of hydrogen-bond acceptors (Lipinski definition) is 4. The van der Waals surface area contributed by atoms with Crippen molar-refractivity contribution in [3.63, 3.8) is 0 Å². The zero-order valence-electron chi connectivity index (χ0n) is 14.8. The summed E-state index contributed by atoms with van der Waals surface area (Å²) < 4.78 is 5.72. The lowest BCUT2D eigenvalue weighted by atomic mass is 9.95. The molecule has 5 nitrogen and oxygen atoms in total. The molecule has 0 spiro atoms. The third-order valence-corrected chi connectivity index (χ3v) is 4.61. The fourth-order valence-corrected chi connectivity index (χ4v) is 3.18. The molecule has 26 heavy (non-hydrogen) atoms. The van der Waals surface area contributed by atoms with Gasteiger partial charge in [-0.2, -0.15) is 5.26 Å². The van der Waals surface area contributed by atoms with Gasteiger partial charge in [-0.3, -0.25) is 4.79 Å². The van der Waals surface area contributed by atoms with Gasteiger partial charge in [0.15, 0.2) is 0 Å². The maximum Gasteiger partial charge on any atom is 0.251 e. The highest BCUT2D eigenvalue weighted by Crippen LogP contribution is 2.18. The lowest BCUT2D eigenvalue weighted by Crippen LogP contribution is -2.36. The molecule has 1 fully saturated rings. The largest absolute Gasteiger partial charge is 0.473 e. The van der Waals surface area contributed by atoms with Crippen molar-refractivity contribution in [2.24, 2.45) is 4.99 Å². The summed E-state index contributed by atoms with van der Waals surface area (Å²) in [5, 5.41) is 12.1. The number of nitrogens with one attached hydrogen (secondary N) is 1. The van der Waals surface area contributed by atoms with Gasteiger partial charge in [-0.05, 0) is 36.6 Å². The van der Waals surface area contributed by atoms with Crippen molar-refractivity contribution < 1.29 is 9.53 Å². The summed E-state index contributed by atoms with van der Waals surface area (Å²) in [6.45, 7) is 0.746. The van der Waals surface area contributed by atoms with Gasteiger partial charge in [-0.1, -0.05) is 37.5 Å². The van der Waals surface area contributed by atoms with Crippen molar-refractivity contribution in [3.8, 4) is 6.07 Å². The predicted octanol–water partition coefficient (Wildman–Crippen LogP) is 3.42. The molecule has 3 rings (SSSR count). The van der Waals surface area contributed by atoms with Crippen LogP contribution in [0.2, 0.25) is 0 Å². The van der Waals surface area contributed by atoms with Crippen LogP contribution in [0.1, 0.15) is 43.2 Å². The summed E-state index contributed by atoms with van der Waals surface area (Å²) in [6.07, 6.45) is 11.1. The number of carbonyl (C=O) groups is 1. The lowest BCUT2D eigenvalue weighted by Gasteiger charge is -2.22. The van der Waals surface area contributed by atoms with Gasteiger partial charge < -0.3 is 10.1 Å². The predicted molar refractivity (Wildman–Crippen MR) is 100 cm³/mol. The standard InChI is InChI=1S/C21H23N3O2/c22-14-16-5-4-6-17(13-16)15-26-20-10-9-18(11-12-23-20)21(25)24-19-7-2-1-3-8-19/h4-6,9-11,13,19H,1-3,7-8,12,15H2,(H,24,25). The summed E-state index contributed by atoms with van der Waals surface area (Å²) in [7, 11) is 0. The van der Waals surface area contributed by atoms with E-state index in [9.17, 15) is 4.79 Å². The first-order chi connectivity index (χ1) is 12.7. The van der Waals surface area contributed by atoms with Gasteiger partial charge in [-0.25, -0.2) is 4.99 Å². The highest BCUT2D eigenvalue weighted by molar-refractivity contribution is 5.99. The number of nitriles is 1. The highest BCUT2D eigenvalue weighted by Gasteiger charge is 2.17. The van der Waals surface area contributed by atoms with Gasteiger partial charge in [0, 0.05) is 17.7 Å². The maximum absolute atomic E-state index is 12.4. The molecule has 1 saturated carbocycles. The van der Waals surface area contributed by atoms with E-state index in [1.807, 2.05) is 18.2 Å². The second-order valence-corrected chi connectivity index (χ2v) is 6.58. The molecule has 0 saturated heterocycles. The maximum atomic E-state index is 12.4. The van der Waals surface area contributed by atoms with E-state index in [1.165, 1.54) is 19.3 Å². The zero-order chi connectivity index (χ0) is 18.2. The Hall–Kier alpha value is -2.87. The minimum Gasteiger partial charge on any atom is -0.473 e. The Balaban J connectivity index is 1.53. The van der Waals surface area contributed by atoms with Crippen LogP contribution in [0.15, 0.2) is 53.1 Å². The van der Waals surface area contributed by atoms with E-state index in [1.54, 1.807) is 24.3 Å². The van der Waals surface area contributed by atoms with Crippen LogP contribution in [0.25, 0.3) is 0 Å². The molecular weight excluding hydrogens is 326 g/mol. The number of hydrogen-bond donors (Lipinski definition) is 1. The summed E-state index contributed by atoms with van der Waals surface area (Å²) in [4.78, 5) is 16.8. The van der Waals surface area contributed by atoms with Crippen LogP contribution in [0, 0.1) is 11.3 Å². The van der Waals surface area contributed by atoms with E-state index in [4.69, 9.17) is 10.00 Å². The van der Waals surface area contributed by atoms with Crippen molar-refractivity contribution in [1.82, 2.24) is 5.32 Å². The third-order valence-electron chi connectivity index (χ3n) is 4.61. The molecule has 1 aliphatic heterocycles. The Bertz CT molecular complexity index is 781. The van der Waals surface area contributed by atoms with E-state index in [0.717, 1.165) is 18.4 Å². The number of amides is 1. The quantitative estimate of drug-likeness (QED) is 0.905. The van der Waals surface area contributed by atoms with Crippen LogP contribution in [0.4, 0.5) is 0 Å². The van der Waals surface area contributed by atoms with Gasteiger partial charge in [0.2, 0.25) is 5.90 Å². The molecule has 1 aromatic rings. The Morgan fingerprint density at radius 1 is 1.27 bits per heavy atom. The summed E-state index contributed by atoms with van der Waals surface area (Å²) in [5.41, 5.74) is 2.14. The van der Waals surface area contributed by atoms with Gasteiger partial charge in [0.1, 0.15) is 6.61 Å². The average Bonchev–Trinajstić information content (AvgIpc) is 2.93. The number of benzene rings is 1. The van der Waals surface area contributed by atoms with Crippen molar-refractivity contribution in [1.29, 1.82) is 5.26 Å². The van der Waals surface area contributed by atoms with E-state index < -0.39 is 0 Å². The molecule has 0 atom stereocenters. The second-order valence-electron chi connectivity index (χ2n) is 6.58. The minimum absolute atomic E-state index is 0.0358. The number of aliphatic imine (C=N–C) groups is 1. The number of ether oxygens (including phenoxy) is 1. The fourth-order valence-electron chi connectivity index (χ4n) is 3.18. The summed E-state index contributed by atoms with van der Waals surface area (Å²) in [5.74, 6) is 0.454. The first kappa shape index (κ1) is 17.9. The van der Waals surface area contributed by atoms with E-state index in [2.05, 4.69) is 16.4 Å². The molecule has 2 aliphatic rings. The van der Waals surface area contributed by atoms with Crippen LogP contribution in [-0.2, 0) is 16.1 Å². The minimum atomic E-state index is -0.0358. The Labute approximate surface area is 154 Å². The second kappa shape index (κ2) is 9.00.